The summed E-state index contributed by atoms with van der Waals surface area (Å²) in [6, 6.07) is 0. The van der Waals surface area contributed by atoms with Gasteiger partial charge in [-0.05, 0) is 0 Å². The summed E-state index contributed by atoms with van der Waals surface area (Å²) in [6.45, 7) is 7.10. The van der Waals surface area contributed by atoms with E-state index in [4.69, 9.17) is 6.57 Å². The fraction of sp³-hybridized carbons (Fsp3) is 0.333. The van der Waals surface area contributed by atoms with E-state index in [0.29, 0.717) is 6.54 Å². The van der Waals surface area contributed by atoms with Gasteiger partial charge in [0.15, 0.2) is 0 Å². The van der Waals surface area contributed by atoms with Crippen LogP contribution < -0.4 is 0 Å². The minimum Gasteiger partial charge on any atom is -0.317 e. The summed E-state index contributed by atoms with van der Waals surface area (Å²) >= 11 is 1.61. The van der Waals surface area contributed by atoms with Gasteiger partial charge in [0.25, 0.3) is 0 Å². The van der Waals surface area contributed by atoms with Crippen LogP contribution in [0.5, 0.6) is 0 Å². The highest BCUT2D eigenvalue weighted by atomic mass is 32.1. The molecule has 1 aromatic rings. The number of hydrogen-bond acceptors (Lipinski definition) is 2. The first-order chi connectivity index (χ1) is 4.43. The van der Waals surface area contributed by atoms with Crippen LogP contribution in [-0.4, -0.2) is 11.5 Å². The smallest absolute Gasteiger partial charge is 0.219 e. The lowest BCUT2D eigenvalue weighted by atomic mass is 10.4. The summed E-state index contributed by atoms with van der Waals surface area (Å²) in [5.41, 5.74) is 1.79. The van der Waals surface area contributed by atoms with Crippen molar-refractivity contribution in [1.82, 2.24) is 4.98 Å². The van der Waals surface area contributed by atoms with E-state index in [0.717, 1.165) is 6.42 Å². The van der Waals surface area contributed by atoms with E-state index in [-0.39, 0.29) is 0 Å². The Balaban J connectivity index is 2.41. The average Bonchev–Trinajstić information content (AvgIpc) is 2.34. The zero-order chi connectivity index (χ0) is 6.53. The number of nitrogens with zero attached hydrogens (tertiary/aromatic N) is 2. The van der Waals surface area contributed by atoms with Crippen molar-refractivity contribution in [2.24, 2.45) is 0 Å². The molecule has 2 nitrogen and oxygen atoms in total. The number of aromatic nitrogens is 1. The minimum absolute atomic E-state index is 0.586. The standard InChI is InChI=1S/C6H6N2S/c1-7-3-2-6-4-8-5-9-6/h4-5H,2-3H2. The Morgan fingerprint density at radius 1 is 1.78 bits per heavy atom. The second kappa shape index (κ2) is 3.21. The molecule has 0 spiro atoms. The lowest BCUT2D eigenvalue weighted by Crippen LogP contribution is -1.80. The Bertz CT molecular complexity index is 197. The third-order valence-corrected chi connectivity index (χ3v) is 1.79. The van der Waals surface area contributed by atoms with Crippen molar-refractivity contribution in [1.29, 1.82) is 0 Å². The molecule has 0 amide bonds. The molecule has 0 N–H and O–H groups in total. The number of hydrogen-bond donors (Lipinski definition) is 0. The summed E-state index contributed by atoms with van der Waals surface area (Å²) in [7, 11) is 0. The molecule has 0 aliphatic rings. The van der Waals surface area contributed by atoms with Crippen LogP contribution in [0.1, 0.15) is 4.88 Å². The molecule has 9 heavy (non-hydrogen) atoms. The van der Waals surface area contributed by atoms with Crippen LogP contribution in [0.15, 0.2) is 11.7 Å². The summed E-state index contributed by atoms with van der Waals surface area (Å²) in [5, 5.41) is 0. The van der Waals surface area contributed by atoms with Gasteiger partial charge in [-0.1, -0.05) is 0 Å². The van der Waals surface area contributed by atoms with Crippen LogP contribution >= 0.6 is 11.3 Å². The Morgan fingerprint density at radius 3 is 3.22 bits per heavy atom. The third kappa shape index (κ3) is 1.82. The SMILES string of the molecule is [C-]#[N+]CCc1cncs1. The molecule has 3 heteroatoms. The van der Waals surface area contributed by atoms with Gasteiger partial charge in [0.1, 0.15) is 0 Å². The molecular formula is C6H6N2S. The van der Waals surface area contributed by atoms with Crippen molar-refractivity contribution in [3.05, 3.63) is 28.0 Å². The molecule has 0 bridgehead atoms. The van der Waals surface area contributed by atoms with Gasteiger partial charge >= 0.3 is 0 Å². The maximum atomic E-state index is 6.51. The molecule has 0 saturated carbocycles. The van der Waals surface area contributed by atoms with Gasteiger partial charge in [-0.25, -0.2) is 6.57 Å². The second-order valence-corrected chi connectivity index (χ2v) is 2.57. The molecule has 1 rings (SSSR count). The quantitative estimate of drug-likeness (QED) is 0.567. The van der Waals surface area contributed by atoms with Crippen molar-refractivity contribution in [2.75, 3.05) is 6.54 Å². The van der Waals surface area contributed by atoms with E-state index < -0.39 is 0 Å². The molecule has 0 unspecified atom stereocenters. The van der Waals surface area contributed by atoms with Crippen LogP contribution in [0.3, 0.4) is 0 Å². The van der Waals surface area contributed by atoms with Gasteiger partial charge in [-0.2, -0.15) is 0 Å². The van der Waals surface area contributed by atoms with E-state index >= 15 is 0 Å². The van der Waals surface area contributed by atoms with Crippen molar-refractivity contribution in [2.45, 2.75) is 6.42 Å². The summed E-state index contributed by atoms with van der Waals surface area (Å²) < 4.78 is 0. The lowest BCUT2D eigenvalue weighted by Gasteiger charge is -1.80. The normalized spacial score (nSPS) is 8.78. The molecule has 46 valence electrons. The molecule has 1 heterocycles. The lowest BCUT2D eigenvalue weighted by molar-refractivity contribution is 1.10. The number of thiazole rings is 1. The molecule has 1 aromatic heterocycles. The maximum absolute atomic E-state index is 6.51. The molecule has 0 fully saturated rings. The zero-order valence-corrected chi connectivity index (χ0v) is 5.69. The Kier molecular flexibility index (Phi) is 2.22. The Hall–Kier alpha value is -0.880. The first-order valence-corrected chi connectivity index (χ1v) is 3.52. The van der Waals surface area contributed by atoms with Gasteiger partial charge in [-0.3, -0.25) is 4.98 Å². The Morgan fingerprint density at radius 2 is 2.67 bits per heavy atom. The van der Waals surface area contributed by atoms with E-state index in [1.54, 1.807) is 16.8 Å². The van der Waals surface area contributed by atoms with Gasteiger partial charge in [0, 0.05) is 11.1 Å². The van der Waals surface area contributed by atoms with Crippen molar-refractivity contribution >= 4 is 11.3 Å². The van der Waals surface area contributed by atoms with Crippen LogP contribution in [0.25, 0.3) is 4.85 Å². The molecule has 0 saturated heterocycles. The van der Waals surface area contributed by atoms with Crippen molar-refractivity contribution < 1.29 is 0 Å². The van der Waals surface area contributed by atoms with E-state index in [1.165, 1.54) is 4.88 Å². The second-order valence-electron chi connectivity index (χ2n) is 1.60. The van der Waals surface area contributed by atoms with Gasteiger partial charge in [0.2, 0.25) is 6.54 Å². The van der Waals surface area contributed by atoms with Gasteiger partial charge in [-0.15, -0.1) is 11.3 Å². The maximum Gasteiger partial charge on any atom is 0.219 e. The predicted molar refractivity (Wildman–Crippen MR) is 37.3 cm³/mol. The fourth-order valence-electron chi connectivity index (χ4n) is 0.532. The van der Waals surface area contributed by atoms with Crippen LogP contribution in [-0.2, 0) is 6.42 Å². The summed E-state index contributed by atoms with van der Waals surface area (Å²) in [4.78, 5) is 8.33. The van der Waals surface area contributed by atoms with Gasteiger partial charge < -0.3 is 4.85 Å². The minimum atomic E-state index is 0.586. The van der Waals surface area contributed by atoms with Gasteiger partial charge in [0.05, 0.1) is 11.9 Å². The topological polar surface area (TPSA) is 17.2 Å². The summed E-state index contributed by atoms with van der Waals surface area (Å²) in [6.07, 6.45) is 2.67. The predicted octanol–water partition coefficient (Wildman–Crippen LogP) is 1.60. The van der Waals surface area contributed by atoms with Crippen LogP contribution in [0, 0.1) is 6.57 Å². The first kappa shape index (κ1) is 6.24. The monoisotopic (exact) mass is 138 g/mol. The molecular weight excluding hydrogens is 132 g/mol. The van der Waals surface area contributed by atoms with E-state index in [1.807, 2.05) is 6.20 Å². The van der Waals surface area contributed by atoms with Crippen molar-refractivity contribution in [3.8, 4) is 0 Å². The number of rotatable bonds is 2. The average molecular weight is 138 g/mol. The highest BCUT2D eigenvalue weighted by molar-refractivity contribution is 7.09. The molecule has 0 radical (unpaired) electrons. The van der Waals surface area contributed by atoms with E-state index in [2.05, 4.69) is 9.83 Å². The van der Waals surface area contributed by atoms with E-state index in [9.17, 15) is 0 Å². The van der Waals surface area contributed by atoms with Crippen LogP contribution in [0.2, 0.25) is 0 Å². The zero-order valence-electron chi connectivity index (χ0n) is 4.87. The Labute approximate surface area is 58.0 Å². The first-order valence-electron chi connectivity index (χ1n) is 2.64. The van der Waals surface area contributed by atoms with Crippen LogP contribution in [0.4, 0.5) is 0 Å². The largest absolute Gasteiger partial charge is 0.317 e. The summed E-state index contributed by atoms with van der Waals surface area (Å²) in [5.74, 6) is 0. The molecule has 0 aromatic carbocycles. The molecule has 0 aliphatic heterocycles. The fourth-order valence-corrected chi connectivity index (χ4v) is 1.12. The highest BCUT2D eigenvalue weighted by Crippen LogP contribution is 2.05. The third-order valence-electron chi connectivity index (χ3n) is 0.953. The highest BCUT2D eigenvalue weighted by Gasteiger charge is 1.93. The van der Waals surface area contributed by atoms with Crippen molar-refractivity contribution in [3.63, 3.8) is 0 Å². The molecule has 0 aliphatic carbocycles. The molecule has 0 atom stereocenters.